The van der Waals surface area contributed by atoms with Crippen LogP contribution in [0, 0.1) is 11.3 Å². The average molecular weight is 348 g/mol. The van der Waals surface area contributed by atoms with Crippen LogP contribution in [0.1, 0.15) is 36.3 Å². The van der Waals surface area contributed by atoms with E-state index in [9.17, 15) is 14.9 Å². The van der Waals surface area contributed by atoms with Gasteiger partial charge >= 0.3 is 5.69 Å². The van der Waals surface area contributed by atoms with Crippen molar-refractivity contribution in [2.24, 2.45) is 12.7 Å². The van der Waals surface area contributed by atoms with E-state index in [0.717, 1.165) is 6.07 Å². The van der Waals surface area contributed by atoms with Gasteiger partial charge in [-0.3, -0.25) is 13.9 Å². The van der Waals surface area contributed by atoms with Crippen LogP contribution in [-0.4, -0.2) is 28.3 Å². The van der Waals surface area contributed by atoms with E-state index in [1.807, 2.05) is 0 Å². The molecule has 0 aliphatic carbocycles. The van der Waals surface area contributed by atoms with E-state index in [-0.39, 0.29) is 29.5 Å². The molecule has 1 fully saturated rings. The number of anilines is 1. The van der Waals surface area contributed by atoms with Crippen LogP contribution < -0.4 is 21.9 Å². The van der Waals surface area contributed by atoms with Crippen molar-refractivity contribution in [3.8, 4) is 6.07 Å². The minimum atomic E-state index is -3.27. The van der Waals surface area contributed by atoms with Crippen molar-refractivity contribution >= 4 is 5.82 Å². The summed E-state index contributed by atoms with van der Waals surface area (Å²) in [6.07, 6.45) is 1.17. The molecule has 7 heteroatoms. The third-order valence-corrected chi connectivity index (χ3v) is 3.89. The lowest BCUT2D eigenvalue weighted by atomic mass is 10.1. The summed E-state index contributed by atoms with van der Waals surface area (Å²) in [6, 6.07) is -1.40. The highest BCUT2D eigenvalue weighted by Gasteiger charge is 2.22. The number of hydrogen-bond acceptors (Lipinski definition) is 5. The van der Waals surface area contributed by atoms with Gasteiger partial charge < -0.3 is 10.6 Å². The van der Waals surface area contributed by atoms with Crippen LogP contribution in [0.2, 0.25) is 0 Å². The Morgan fingerprint density at radius 2 is 2.28 bits per heavy atom. The van der Waals surface area contributed by atoms with Crippen molar-refractivity contribution in [3.05, 3.63) is 62.2 Å². The van der Waals surface area contributed by atoms with Gasteiger partial charge in [0.05, 0.1) is 26.4 Å². The summed E-state index contributed by atoms with van der Waals surface area (Å²) in [5.41, 5.74) is 1.61. The first-order chi connectivity index (χ1) is 15.6. The summed E-state index contributed by atoms with van der Waals surface area (Å²) in [6.45, 7) is -6.05. The molecule has 1 aliphatic heterocycles. The molecule has 2 heterocycles. The number of aromatic nitrogens is 2. The van der Waals surface area contributed by atoms with Crippen molar-refractivity contribution in [2.45, 2.75) is 25.4 Å². The third-order valence-electron chi connectivity index (χ3n) is 3.89. The Hall–Kier alpha value is -2.85. The number of benzene rings is 1. The van der Waals surface area contributed by atoms with Gasteiger partial charge in [0.2, 0.25) is 0 Å². The highest BCUT2D eigenvalue weighted by Crippen LogP contribution is 2.19. The Bertz CT molecular complexity index is 1310. The van der Waals surface area contributed by atoms with Gasteiger partial charge in [0.15, 0.2) is 0 Å². The van der Waals surface area contributed by atoms with Crippen LogP contribution in [0.25, 0.3) is 0 Å². The van der Waals surface area contributed by atoms with Gasteiger partial charge in [0.1, 0.15) is 5.82 Å². The standard InChI is InChI=1S/C18H21N5O2/c1-21-17(24)9-16(22-8-4-7-15(20)12-22)23(18(21)25)11-14-6-3-2-5-13(14)10-19/h2-3,5-6,9,15H,4,7-8,11-12,20H2,1H3/t15-/m1/s1/i1D3,2D,3D,5D,6D,11D2. The van der Waals surface area contributed by atoms with Crippen LogP contribution in [0.3, 0.4) is 0 Å². The van der Waals surface area contributed by atoms with Gasteiger partial charge in [-0.25, -0.2) is 4.79 Å². The minimum Gasteiger partial charge on any atom is -0.356 e. The summed E-state index contributed by atoms with van der Waals surface area (Å²) in [5, 5.41) is 9.58. The lowest BCUT2D eigenvalue weighted by Crippen LogP contribution is -2.47. The summed E-state index contributed by atoms with van der Waals surface area (Å²) in [4.78, 5) is 27.4. The van der Waals surface area contributed by atoms with E-state index in [0.29, 0.717) is 17.4 Å². The molecular formula is C18H21N5O2. The third kappa shape index (κ3) is 3.35. The highest BCUT2D eigenvalue weighted by molar-refractivity contribution is 5.42. The van der Waals surface area contributed by atoms with E-state index in [1.54, 1.807) is 6.07 Å². The molecule has 1 aliphatic rings. The minimum absolute atomic E-state index is 0.115. The molecule has 0 amide bonds. The SMILES string of the molecule is [2H]c1c([2H])c([2H])c(C([2H])([2H])n2c(N3CCC[C@@H](N)C3)cc(=O)n(C([2H])([2H])[2H])c2=O)c(C#N)c1[2H]. The van der Waals surface area contributed by atoms with Crippen LogP contribution in [0.5, 0.6) is 0 Å². The first-order valence-electron chi connectivity index (χ1n) is 12.1. The molecule has 0 radical (unpaired) electrons. The highest BCUT2D eigenvalue weighted by atomic mass is 16.2. The molecule has 0 spiro atoms. The molecule has 0 saturated carbocycles. The number of nitriles is 1. The normalized spacial score (nSPS) is 23.6. The van der Waals surface area contributed by atoms with Crippen molar-refractivity contribution < 1.29 is 12.3 Å². The fraction of sp³-hybridized carbons (Fsp3) is 0.389. The van der Waals surface area contributed by atoms with Gasteiger partial charge in [-0.15, -0.1) is 0 Å². The molecule has 0 bridgehead atoms. The molecule has 1 aromatic heterocycles. The Kier molecular flexibility index (Phi) is 2.51. The Balaban J connectivity index is 2.49. The quantitative estimate of drug-likeness (QED) is 0.866. The molecule has 1 atom stereocenters. The maximum Gasteiger partial charge on any atom is 0.332 e. The Labute approximate surface area is 158 Å². The second-order valence-corrected chi connectivity index (χ2v) is 5.62. The van der Waals surface area contributed by atoms with Gasteiger partial charge in [0.25, 0.3) is 5.56 Å². The molecule has 25 heavy (non-hydrogen) atoms. The molecule has 1 aromatic carbocycles. The fourth-order valence-electron chi connectivity index (χ4n) is 2.68. The lowest BCUT2D eigenvalue weighted by molar-refractivity contribution is 0.491. The zero-order valence-electron chi connectivity index (χ0n) is 22.2. The molecule has 3 rings (SSSR count). The number of piperidine rings is 1. The largest absolute Gasteiger partial charge is 0.356 e. The first kappa shape index (κ1) is 9.02. The molecular weight excluding hydrogens is 318 g/mol. The molecule has 0 unspecified atom stereocenters. The second-order valence-electron chi connectivity index (χ2n) is 5.62. The van der Waals surface area contributed by atoms with Crippen LogP contribution in [0.15, 0.2) is 39.8 Å². The van der Waals surface area contributed by atoms with E-state index in [2.05, 4.69) is 0 Å². The maximum absolute atomic E-state index is 13.3. The van der Waals surface area contributed by atoms with E-state index < -0.39 is 60.0 Å². The lowest BCUT2D eigenvalue weighted by Gasteiger charge is -2.34. The van der Waals surface area contributed by atoms with Gasteiger partial charge in [0, 0.05) is 36.3 Å². The molecule has 2 N–H and O–H groups in total. The van der Waals surface area contributed by atoms with E-state index >= 15 is 0 Å². The van der Waals surface area contributed by atoms with Crippen molar-refractivity contribution in [2.75, 3.05) is 18.0 Å². The maximum atomic E-state index is 13.3. The predicted molar refractivity (Wildman–Crippen MR) is 95.6 cm³/mol. The van der Waals surface area contributed by atoms with Gasteiger partial charge in [-0.1, -0.05) is 18.1 Å². The van der Waals surface area contributed by atoms with Gasteiger partial charge in [-0.2, -0.15) is 5.26 Å². The molecule has 2 aromatic rings. The topological polar surface area (TPSA) is 97.0 Å². The zero-order chi connectivity index (χ0) is 25.7. The number of nitrogens with zero attached hydrogens (tertiary/aromatic N) is 4. The molecule has 7 nitrogen and oxygen atoms in total. The van der Waals surface area contributed by atoms with Crippen molar-refractivity contribution in [3.63, 3.8) is 0 Å². The van der Waals surface area contributed by atoms with Gasteiger partial charge in [-0.05, 0) is 24.4 Å². The summed E-state index contributed by atoms with van der Waals surface area (Å²) in [7, 11) is 0. The van der Waals surface area contributed by atoms with Crippen LogP contribution in [-0.2, 0) is 13.5 Å². The van der Waals surface area contributed by atoms with E-state index in [4.69, 9.17) is 18.1 Å². The van der Waals surface area contributed by atoms with E-state index in [1.165, 1.54) is 4.90 Å². The van der Waals surface area contributed by atoms with Crippen LogP contribution in [0.4, 0.5) is 5.82 Å². The Morgan fingerprint density at radius 3 is 3.00 bits per heavy atom. The fourth-order valence-corrected chi connectivity index (χ4v) is 2.68. The second kappa shape index (κ2) is 6.95. The number of rotatable bonds is 3. The summed E-state index contributed by atoms with van der Waals surface area (Å²) < 4.78 is 72.3. The summed E-state index contributed by atoms with van der Waals surface area (Å²) in [5.74, 6) is -0.313. The summed E-state index contributed by atoms with van der Waals surface area (Å²) >= 11 is 0. The number of hydrogen-bond donors (Lipinski definition) is 1. The van der Waals surface area contributed by atoms with Crippen molar-refractivity contribution in [1.29, 1.82) is 5.26 Å². The Morgan fingerprint density at radius 1 is 1.48 bits per heavy atom. The first-order valence-corrected chi connectivity index (χ1v) is 7.56. The predicted octanol–water partition coefficient (Wildman–Crippen LogP) is 0.394. The smallest absolute Gasteiger partial charge is 0.332 e. The van der Waals surface area contributed by atoms with Crippen molar-refractivity contribution in [1.82, 2.24) is 9.13 Å². The van der Waals surface area contributed by atoms with Crippen LogP contribution >= 0.6 is 0 Å². The monoisotopic (exact) mass is 348 g/mol. The number of nitrogens with two attached hydrogens (primary N) is 1. The molecule has 1 saturated heterocycles. The molecule has 130 valence electrons. The average Bonchev–Trinajstić information content (AvgIpc) is 2.72. The zero-order valence-corrected chi connectivity index (χ0v) is 13.2.